The van der Waals surface area contributed by atoms with E-state index in [1.54, 1.807) is 30.5 Å². The van der Waals surface area contributed by atoms with E-state index in [-0.39, 0.29) is 6.03 Å². The van der Waals surface area contributed by atoms with Gasteiger partial charge in [-0.2, -0.15) is 5.26 Å². The van der Waals surface area contributed by atoms with Crippen LogP contribution in [0.25, 0.3) is 0 Å². The number of nitrogens with one attached hydrogen (secondary N) is 3. The smallest absolute Gasteiger partial charge is 0.319 e. The monoisotopic (exact) mass is 293 g/mol. The third kappa shape index (κ3) is 3.73. The molecule has 1 aliphatic rings. The number of rotatable bonds is 4. The lowest BCUT2D eigenvalue weighted by Crippen LogP contribution is -2.30. The van der Waals surface area contributed by atoms with Crippen LogP contribution < -0.4 is 16.0 Å². The average molecular weight is 293 g/mol. The number of pyridine rings is 1. The average Bonchev–Trinajstić information content (AvgIpc) is 3.34. The number of nitrogens with zero attached hydrogens (tertiary/aromatic N) is 2. The number of nitriles is 1. The number of carbonyl (C=O) groups is 1. The first-order valence-corrected chi connectivity index (χ1v) is 7.04. The van der Waals surface area contributed by atoms with Crippen molar-refractivity contribution in [3.8, 4) is 6.07 Å². The molecular formula is C16H15N5O. The number of hydrogen-bond donors (Lipinski definition) is 3. The molecule has 1 aromatic heterocycles. The maximum absolute atomic E-state index is 11.6. The Balaban J connectivity index is 1.58. The van der Waals surface area contributed by atoms with Crippen molar-refractivity contribution < 1.29 is 4.79 Å². The van der Waals surface area contributed by atoms with Gasteiger partial charge in [0, 0.05) is 11.7 Å². The Morgan fingerprint density at radius 3 is 2.45 bits per heavy atom. The number of hydrogen-bond acceptors (Lipinski definition) is 4. The third-order valence-electron chi connectivity index (χ3n) is 3.22. The maximum atomic E-state index is 11.6. The Labute approximate surface area is 128 Å². The predicted octanol–water partition coefficient (Wildman–Crippen LogP) is 2.98. The Kier molecular flexibility index (Phi) is 3.88. The van der Waals surface area contributed by atoms with E-state index in [0.717, 1.165) is 18.5 Å². The Hall–Kier alpha value is -3.07. The number of urea groups is 1. The lowest BCUT2D eigenvalue weighted by atomic mass is 10.2. The van der Waals surface area contributed by atoms with E-state index < -0.39 is 0 Å². The van der Waals surface area contributed by atoms with Crippen molar-refractivity contribution in [1.82, 2.24) is 10.3 Å². The molecule has 0 saturated heterocycles. The molecule has 0 spiro atoms. The van der Waals surface area contributed by atoms with E-state index >= 15 is 0 Å². The molecule has 6 heteroatoms. The second-order valence-corrected chi connectivity index (χ2v) is 5.12. The van der Waals surface area contributed by atoms with Crippen LogP contribution in [0, 0.1) is 11.3 Å². The summed E-state index contributed by atoms with van der Waals surface area (Å²) in [6.07, 6.45) is 3.71. The van der Waals surface area contributed by atoms with Gasteiger partial charge in [0.05, 0.1) is 23.5 Å². The molecule has 0 bridgehead atoms. The third-order valence-corrected chi connectivity index (χ3v) is 3.22. The van der Waals surface area contributed by atoms with E-state index in [0.29, 0.717) is 23.1 Å². The van der Waals surface area contributed by atoms with Gasteiger partial charge in [-0.1, -0.05) is 0 Å². The number of aromatic nitrogens is 1. The van der Waals surface area contributed by atoms with Gasteiger partial charge in [-0.25, -0.2) is 9.78 Å². The van der Waals surface area contributed by atoms with E-state index in [9.17, 15) is 4.79 Å². The zero-order chi connectivity index (χ0) is 15.4. The minimum absolute atomic E-state index is 0.197. The highest BCUT2D eigenvalue weighted by Crippen LogP contribution is 2.19. The molecule has 110 valence electrons. The van der Waals surface area contributed by atoms with Crippen molar-refractivity contribution in [2.45, 2.75) is 18.9 Å². The minimum Gasteiger partial charge on any atom is -0.340 e. The molecule has 0 aliphatic heterocycles. The first-order chi connectivity index (χ1) is 10.7. The van der Waals surface area contributed by atoms with Gasteiger partial charge in [0.25, 0.3) is 0 Å². The van der Waals surface area contributed by atoms with Gasteiger partial charge in [-0.05, 0) is 49.2 Å². The van der Waals surface area contributed by atoms with Gasteiger partial charge < -0.3 is 16.0 Å². The normalized spacial score (nSPS) is 13.0. The van der Waals surface area contributed by atoms with Crippen LogP contribution in [-0.2, 0) is 0 Å². The SMILES string of the molecule is N#Cc1ccc(Nc2ccc(NC(=O)NC3CC3)cn2)cc1. The Morgan fingerprint density at radius 2 is 1.86 bits per heavy atom. The molecule has 1 fully saturated rings. The zero-order valence-electron chi connectivity index (χ0n) is 11.8. The lowest BCUT2D eigenvalue weighted by molar-refractivity contribution is 0.251. The molecule has 0 radical (unpaired) electrons. The molecule has 3 N–H and O–H groups in total. The molecule has 22 heavy (non-hydrogen) atoms. The summed E-state index contributed by atoms with van der Waals surface area (Å²) in [6.45, 7) is 0. The van der Waals surface area contributed by atoms with E-state index in [1.807, 2.05) is 12.1 Å². The van der Waals surface area contributed by atoms with Crippen molar-refractivity contribution in [1.29, 1.82) is 5.26 Å². The zero-order valence-corrected chi connectivity index (χ0v) is 11.8. The summed E-state index contributed by atoms with van der Waals surface area (Å²) in [4.78, 5) is 15.9. The van der Waals surface area contributed by atoms with Crippen molar-refractivity contribution in [3.05, 3.63) is 48.2 Å². The van der Waals surface area contributed by atoms with Crippen LogP contribution in [-0.4, -0.2) is 17.1 Å². The molecule has 0 atom stereocenters. The molecule has 2 aromatic rings. The molecule has 1 heterocycles. The van der Waals surface area contributed by atoms with Crippen molar-refractivity contribution in [3.63, 3.8) is 0 Å². The van der Waals surface area contributed by atoms with Crippen LogP contribution in [0.1, 0.15) is 18.4 Å². The van der Waals surface area contributed by atoms with Crippen LogP contribution in [0.2, 0.25) is 0 Å². The Morgan fingerprint density at radius 1 is 1.14 bits per heavy atom. The topological polar surface area (TPSA) is 89.8 Å². The van der Waals surface area contributed by atoms with Gasteiger partial charge in [-0.15, -0.1) is 0 Å². The summed E-state index contributed by atoms with van der Waals surface area (Å²) in [5.41, 5.74) is 2.10. The van der Waals surface area contributed by atoms with Crippen LogP contribution in [0.15, 0.2) is 42.6 Å². The van der Waals surface area contributed by atoms with E-state index in [4.69, 9.17) is 5.26 Å². The second-order valence-electron chi connectivity index (χ2n) is 5.12. The second kappa shape index (κ2) is 6.14. The van der Waals surface area contributed by atoms with Gasteiger partial charge in [-0.3, -0.25) is 0 Å². The quantitative estimate of drug-likeness (QED) is 0.808. The molecule has 6 nitrogen and oxygen atoms in total. The first kappa shape index (κ1) is 13.9. The molecule has 2 amide bonds. The molecule has 1 aromatic carbocycles. The largest absolute Gasteiger partial charge is 0.340 e. The van der Waals surface area contributed by atoms with Crippen molar-refractivity contribution >= 4 is 23.2 Å². The standard InChI is InChI=1S/C16H15N5O/c17-9-11-1-3-12(4-2-11)19-15-8-7-14(10-18-15)21-16(22)20-13-5-6-13/h1-4,7-8,10,13H,5-6H2,(H,18,19)(H2,20,21,22). The van der Waals surface area contributed by atoms with Crippen molar-refractivity contribution in [2.24, 2.45) is 0 Å². The summed E-state index contributed by atoms with van der Waals surface area (Å²) in [5.74, 6) is 0.665. The maximum Gasteiger partial charge on any atom is 0.319 e. The highest BCUT2D eigenvalue weighted by atomic mass is 16.2. The minimum atomic E-state index is -0.197. The van der Waals surface area contributed by atoms with E-state index in [2.05, 4.69) is 27.0 Å². The molecule has 1 aliphatic carbocycles. The summed E-state index contributed by atoms with van der Waals surface area (Å²) in [5, 5.41) is 17.5. The van der Waals surface area contributed by atoms with E-state index in [1.165, 1.54) is 0 Å². The fourth-order valence-corrected chi connectivity index (χ4v) is 1.90. The van der Waals surface area contributed by atoms with Gasteiger partial charge >= 0.3 is 6.03 Å². The van der Waals surface area contributed by atoms with Crippen LogP contribution in [0.5, 0.6) is 0 Å². The number of carbonyl (C=O) groups excluding carboxylic acids is 1. The predicted molar refractivity (Wildman–Crippen MR) is 83.9 cm³/mol. The number of amides is 2. The summed E-state index contributed by atoms with van der Waals surface area (Å²) in [7, 11) is 0. The number of benzene rings is 1. The van der Waals surface area contributed by atoms with Crippen LogP contribution in [0.3, 0.4) is 0 Å². The summed E-state index contributed by atoms with van der Waals surface area (Å²) < 4.78 is 0. The van der Waals surface area contributed by atoms with Crippen LogP contribution >= 0.6 is 0 Å². The van der Waals surface area contributed by atoms with Gasteiger partial charge in [0.15, 0.2) is 0 Å². The lowest BCUT2D eigenvalue weighted by Gasteiger charge is -2.08. The number of anilines is 3. The van der Waals surface area contributed by atoms with Crippen molar-refractivity contribution in [2.75, 3.05) is 10.6 Å². The first-order valence-electron chi connectivity index (χ1n) is 7.04. The van der Waals surface area contributed by atoms with Crippen LogP contribution in [0.4, 0.5) is 22.0 Å². The molecule has 3 rings (SSSR count). The van der Waals surface area contributed by atoms with Gasteiger partial charge in [0.2, 0.25) is 0 Å². The molecule has 1 saturated carbocycles. The Bertz CT molecular complexity index is 699. The molecular weight excluding hydrogens is 278 g/mol. The fraction of sp³-hybridized carbons (Fsp3) is 0.188. The highest BCUT2D eigenvalue weighted by molar-refractivity contribution is 5.89. The fourth-order valence-electron chi connectivity index (χ4n) is 1.90. The van der Waals surface area contributed by atoms with Gasteiger partial charge in [0.1, 0.15) is 5.82 Å². The summed E-state index contributed by atoms with van der Waals surface area (Å²) in [6, 6.07) is 12.9. The highest BCUT2D eigenvalue weighted by Gasteiger charge is 2.23. The summed E-state index contributed by atoms with van der Waals surface area (Å²) >= 11 is 0. The molecule has 0 unspecified atom stereocenters.